The van der Waals surface area contributed by atoms with Crippen molar-refractivity contribution in [3.8, 4) is 11.4 Å². The van der Waals surface area contributed by atoms with Crippen molar-refractivity contribution in [1.82, 2.24) is 14.8 Å². The highest BCUT2D eigenvalue weighted by atomic mass is 32.2. The Morgan fingerprint density at radius 3 is 2.81 bits per heavy atom. The Hall–Kier alpha value is -2.67. The van der Waals surface area contributed by atoms with Gasteiger partial charge in [0.2, 0.25) is 0 Å². The first-order valence-electron chi connectivity index (χ1n) is 8.13. The Kier molecular flexibility index (Phi) is 6.01. The zero-order valence-corrected chi connectivity index (χ0v) is 15.1. The van der Waals surface area contributed by atoms with Crippen LogP contribution in [0.25, 0.3) is 5.69 Å². The third-order valence-electron chi connectivity index (χ3n) is 3.79. The Balaban J connectivity index is 1.55. The molecule has 2 aromatic carbocycles. The number of carbonyl (C=O) groups is 1. The molecule has 5 nitrogen and oxygen atoms in total. The molecule has 0 saturated carbocycles. The summed E-state index contributed by atoms with van der Waals surface area (Å²) in [7, 11) is 1.62. The molecule has 7 heteroatoms. The van der Waals surface area contributed by atoms with Crippen LogP contribution in [-0.2, 0) is 0 Å². The summed E-state index contributed by atoms with van der Waals surface area (Å²) < 4.78 is 20.0. The molecule has 26 heavy (non-hydrogen) atoms. The topological polar surface area (TPSA) is 57.0 Å². The van der Waals surface area contributed by atoms with E-state index in [1.807, 2.05) is 28.8 Å². The fourth-order valence-corrected chi connectivity index (χ4v) is 3.30. The highest BCUT2D eigenvalue weighted by molar-refractivity contribution is 7.99. The first-order chi connectivity index (χ1) is 12.7. The summed E-state index contributed by atoms with van der Waals surface area (Å²) in [6.45, 7) is 0. The quantitative estimate of drug-likeness (QED) is 0.338. The Labute approximate surface area is 155 Å². The zero-order chi connectivity index (χ0) is 18.4. The average molecular weight is 371 g/mol. The summed E-state index contributed by atoms with van der Waals surface area (Å²) in [5.41, 5.74) is 1.45. The van der Waals surface area contributed by atoms with Gasteiger partial charge in [-0.05, 0) is 42.8 Å². The van der Waals surface area contributed by atoms with Gasteiger partial charge in [-0.15, -0.1) is 10.2 Å². The molecule has 0 N–H and O–H groups in total. The molecule has 0 saturated heterocycles. The summed E-state index contributed by atoms with van der Waals surface area (Å²) in [5, 5.41) is 8.87. The SMILES string of the molecule is COc1cccc(-n2cnnc2SCCCC(=O)c2ccc(F)cc2)c1. The lowest BCUT2D eigenvalue weighted by molar-refractivity contribution is 0.0982. The second-order valence-electron chi connectivity index (χ2n) is 5.57. The normalized spacial score (nSPS) is 10.7. The molecular weight excluding hydrogens is 353 g/mol. The molecule has 0 amide bonds. The van der Waals surface area contributed by atoms with Crippen LogP contribution in [0.1, 0.15) is 23.2 Å². The van der Waals surface area contributed by atoms with Crippen molar-refractivity contribution in [1.29, 1.82) is 0 Å². The van der Waals surface area contributed by atoms with E-state index in [-0.39, 0.29) is 11.6 Å². The van der Waals surface area contributed by atoms with Gasteiger partial charge in [-0.2, -0.15) is 0 Å². The van der Waals surface area contributed by atoms with Gasteiger partial charge in [0.1, 0.15) is 17.9 Å². The van der Waals surface area contributed by atoms with E-state index in [2.05, 4.69) is 10.2 Å². The number of halogens is 1. The second kappa shape index (κ2) is 8.62. The van der Waals surface area contributed by atoms with Crippen LogP contribution >= 0.6 is 11.8 Å². The number of ketones is 1. The Bertz CT molecular complexity index is 881. The number of hydrogen-bond acceptors (Lipinski definition) is 5. The maximum absolute atomic E-state index is 12.9. The lowest BCUT2D eigenvalue weighted by Crippen LogP contribution is -2.00. The van der Waals surface area contributed by atoms with Crippen LogP contribution in [0, 0.1) is 5.82 Å². The summed E-state index contributed by atoms with van der Waals surface area (Å²) >= 11 is 1.54. The molecule has 0 fully saturated rings. The number of Topliss-reactive ketones (excluding diaryl/α,β-unsaturated/α-hetero) is 1. The van der Waals surface area contributed by atoms with E-state index in [0.717, 1.165) is 22.3 Å². The standard InChI is InChI=1S/C19H18FN3O2S/c1-25-17-5-2-4-16(12-17)23-13-21-22-19(23)26-11-3-6-18(24)14-7-9-15(20)10-8-14/h2,4-5,7-10,12-13H,3,6,11H2,1H3. The van der Waals surface area contributed by atoms with Crippen molar-refractivity contribution in [3.63, 3.8) is 0 Å². The third kappa shape index (κ3) is 4.49. The maximum Gasteiger partial charge on any atom is 0.195 e. The van der Waals surface area contributed by atoms with Crippen LogP contribution in [0.2, 0.25) is 0 Å². The molecule has 3 rings (SSSR count). The largest absolute Gasteiger partial charge is 0.497 e. The van der Waals surface area contributed by atoms with Crippen molar-refractivity contribution in [2.75, 3.05) is 12.9 Å². The van der Waals surface area contributed by atoms with Gasteiger partial charge in [-0.3, -0.25) is 9.36 Å². The van der Waals surface area contributed by atoms with Gasteiger partial charge in [0, 0.05) is 23.8 Å². The van der Waals surface area contributed by atoms with Crippen molar-refractivity contribution < 1.29 is 13.9 Å². The average Bonchev–Trinajstić information content (AvgIpc) is 3.14. The minimum absolute atomic E-state index is 0.0138. The molecule has 134 valence electrons. The van der Waals surface area contributed by atoms with Gasteiger partial charge < -0.3 is 4.74 Å². The van der Waals surface area contributed by atoms with Crippen LogP contribution < -0.4 is 4.74 Å². The molecule has 0 spiro atoms. The lowest BCUT2D eigenvalue weighted by Gasteiger charge is -2.08. The molecule has 1 aromatic heterocycles. The van der Waals surface area contributed by atoms with Crippen molar-refractivity contribution in [3.05, 3.63) is 66.2 Å². The zero-order valence-electron chi connectivity index (χ0n) is 14.3. The van der Waals surface area contributed by atoms with Crippen LogP contribution in [0.15, 0.2) is 60.0 Å². The van der Waals surface area contributed by atoms with Crippen molar-refractivity contribution in [2.24, 2.45) is 0 Å². The van der Waals surface area contributed by atoms with Crippen LogP contribution in [0.4, 0.5) is 4.39 Å². The van der Waals surface area contributed by atoms with E-state index in [4.69, 9.17) is 4.74 Å². The number of nitrogens with zero attached hydrogens (tertiary/aromatic N) is 3. The van der Waals surface area contributed by atoms with E-state index in [1.54, 1.807) is 13.4 Å². The monoisotopic (exact) mass is 371 g/mol. The molecule has 0 aliphatic heterocycles. The number of carbonyl (C=O) groups excluding carboxylic acids is 1. The van der Waals surface area contributed by atoms with E-state index < -0.39 is 0 Å². The number of methoxy groups -OCH3 is 1. The summed E-state index contributed by atoms with van der Waals surface area (Å²) in [5.74, 6) is 1.17. The fraction of sp³-hybridized carbons (Fsp3) is 0.211. The maximum atomic E-state index is 12.9. The summed E-state index contributed by atoms with van der Waals surface area (Å²) in [4.78, 5) is 12.1. The van der Waals surface area contributed by atoms with Gasteiger partial charge in [-0.25, -0.2) is 4.39 Å². The molecular formula is C19H18FN3O2S. The van der Waals surface area contributed by atoms with Gasteiger partial charge in [0.25, 0.3) is 0 Å². The van der Waals surface area contributed by atoms with Gasteiger partial charge in [0.15, 0.2) is 10.9 Å². The lowest BCUT2D eigenvalue weighted by atomic mass is 10.1. The molecule has 0 radical (unpaired) electrons. The smallest absolute Gasteiger partial charge is 0.195 e. The molecule has 0 bridgehead atoms. The van der Waals surface area contributed by atoms with Gasteiger partial charge in [0.05, 0.1) is 12.8 Å². The van der Waals surface area contributed by atoms with Crippen LogP contribution in [0.3, 0.4) is 0 Å². The first kappa shape index (κ1) is 18.1. The van der Waals surface area contributed by atoms with E-state index in [1.165, 1.54) is 36.0 Å². The van der Waals surface area contributed by atoms with Gasteiger partial charge >= 0.3 is 0 Å². The number of hydrogen-bond donors (Lipinski definition) is 0. The van der Waals surface area contributed by atoms with E-state index in [9.17, 15) is 9.18 Å². The first-order valence-corrected chi connectivity index (χ1v) is 9.12. The van der Waals surface area contributed by atoms with Crippen LogP contribution in [0.5, 0.6) is 5.75 Å². The van der Waals surface area contributed by atoms with Crippen LogP contribution in [-0.4, -0.2) is 33.4 Å². The van der Waals surface area contributed by atoms with Crippen molar-refractivity contribution >= 4 is 17.5 Å². The molecule has 0 unspecified atom stereocenters. The fourth-order valence-electron chi connectivity index (χ4n) is 2.44. The highest BCUT2D eigenvalue weighted by Crippen LogP contribution is 2.23. The predicted molar refractivity (Wildman–Crippen MR) is 98.6 cm³/mol. The molecule has 0 atom stereocenters. The third-order valence-corrected chi connectivity index (χ3v) is 4.82. The Morgan fingerprint density at radius 1 is 1.23 bits per heavy atom. The molecule has 0 aliphatic rings. The number of benzene rings is 2. The van der Waals surface area contributed by atoms with Crippen molar-refractivity contribution in [2.45, 2.75) is 18.0 Å². The molecule has 1 heterocycles. The minimum atomic E-state index is -0.339. The number of rotatable bonds is 8. The number of ether oxygens (including phenoxy) is 1. The second-order valence-corrected chi connectivity index (χ2v) is 6.63. The number of aromatic nitrogens is 3. The summed E-state index contributed by atoms with van der Waals surface area (Å²) in [6, 6.07) is 13.3. The predicted octanol–water partition coefficient (Wildman–Crippen LogP) is 4.17. The summed E-state index contributed by atoms with van der Waals surface area (Å²) in [6.07, 6.45) is 2.76. The minimum Gasteiger partial charge on any atom is -0.497 e. The van der Waals surface area contributed by atoms with E-state index in [0.29, 0.717) is 18.4 Å². The molecule has 0 aliphatic carbocycles. The van der Waals surface area contributed by atoms with Gasteiger partial charge in [-0.1, -0.05) is 17.8 Å². The number of thioether (sulfide) groups is 1. The Morgan fingerprint density at radius 2 is 2.04 bits per heavy atom. The van der Waals surface area contributed by atoms with E-state index >= 15 is 0 Å². The highest BCUT2D eigenvalue weighted by Gasteiger charge is 2.10. The molecule has 3 aromatic rings.